The van der Waals surface area contributed by atoms with Crippen LogP contribution in [0.2, 0.25) is 0 Å². The molecule has 3 N–H and O–H groups in total. The maximum absolute atomic E-state index is 12.9. The van der Waals surface area contributed by atoms with Gasteiger partial charge in [0.1, 0.15) is 5.82 Å². The van der Waals surface area contributed by atoms with Crippen molar-refractivity contribution in [3.8, 4) is 28.7 Å². The SMILES string of the molecule is COc1ccc(NC(=O)Nc2cc(-c3ccccc3)nn2-c2nc3c(c(=O)[nH]2)CCC3)cc1OC. The van der Waals surface area contributed by atoms with Crippen molar-refractivity contribution in [1.29, 1.82) is 0 Å². The number of H-pyrrole nitrogens is 1. The summed E-state index contributed by atoms with van der Waals surface area (Å²) in [7, 11) is 3.07. The number of anilines is 2. The quantitative estimate of drug-likeness (QED) is 0.393. The molecule has 178 valence electrons. The lowest BCUT2D eigenvalue weighted by Gasteiger charge is -2.12. The molecule has 10 nitrogen and oxygen atoms in total. The van der Waals surface area contributed by atoms with Crippen molar-refractivity contribution in [2.45, 2.75) is 19.3 Å². The van der Waals surface area contributed by atoms with Gasteiger partial charge in [0, 0.05) is 28.9 Å². The number of nitrogens with one attached hydrogen (secondary N) is 3. The highest BCUT2D eigenvalue weighted by Gasteiger charge is 2.21. The molecular weight excluding hydrogens is 448 g/mol. The minimum Gasteiger partial charge on any atom is -0.493 e. The number of ether oxygens (including phenoxy) is 2. The van der Waals surface area contributed by atoms with Crippen LogP contribution in [0, 0.1) is 0 Å². The van der Waals surface area contributed by atoms with Crippen LogP contribution in [0.15, 0.2) is 59.4 Å². The van der Waals surface area contributed by atoms with E-state index in [0.29, 0.717) is 40.7 Å². The molecule has 10 heteroatoms. The molecule has 0 unspecified atom stereocenters. The number of hydrogen-bond donors (Lipinski definition) is 3. The topological polar surface area (TPSA) is 123 Å². The maximum atomic E-state index is 12.9. The Balaban J connectivity index is 1.48. The molecular formula is C25H24N6O4. The number of amides is 2. The van der Waals surface area contributed by atoms with Crippen LogP contribution >= 0.6 is 0 Å². The number of methoxy groups -OCH3 is 2. The Hall–Kier alpha value is -4.60. The van der Waals surface area contributed by atoms with Crippen LogP contribution in [0.4, 0.5) is 16.3 Å². The first-order chi connectivity index (χ1) is 17.1. The number of nitrogens with zero attached hydrogens (tertiary/aromatic N) is 3. The first kappa shape index (κ1) is 22.2. The van der Waals surface area contributed by atoms with Crippen LogP contribution in [-0.2, 0) is 12.8 Å². The highest BCUT2D eigenvalue weighted by Crippen LogP contribution is 2.30. The summed E-state index contributed by atoms with van der Waals surface area (Å²) in [6, 6.07) is 15.8. The van der Waals surface area contributed by atoms with Crippen molar-refractivity contribution in [2.24, 2.45) is 0 Å². The van der Waals surface area contributed by atoms with Crippen molar-refractivity contribution in [2.75, 3.05) is 24.9 Å². The number of aromatic amines is 1. The smallest absolute Gasteiger partial charge is 0.324 e. The Labute approximate surface area is 200 Å². The van der Waals surface area contributed by atoms with Crippen LogP contribution in [0.25, 0.3) is 17.2 Å². The summed E-state index contributed by atoms with van der Waals surface area (Å²) in [5.74, 6) is 1.64. The summed E-state index contributed by atoms with van der Waals surface area (Å²) in [6.07, 6.45) is 2.34. The van der Waals surface area contributed by atoms with Gasteiger partial charge in [0.2, 0.25) is 5.95 Å². The minimum absolute atomic E-state index is 0.181. The van der Waals surface area contributed by atoms with E-state index in [0.717, 1.165) is 24.1 Å². The van der Waals surface area contributed by atoms with Crippen LogP contribution in [0.5, 0.6) is 11.5 Å². The van der Waals surface area contributed by atoms with Gasteiger partial charge in [-0.15, -0.1) is 0 Å². The predicted octanol–water partition coefficient (Wildman–Crippen LogP) is 3.77. The number of urea groups is 1. The van der Waals surface area contributed by atoms with Gasteiger partial charge in [0.15, 0.2) is 11.5 Å². The first-order valence-electron chi connectivity index (χ1n) is 11.1. The Kier molecular flexibility index (Phi) is 5.92. The molecule has 0 saturated heterocycles. The fourth-order valence-corrected chi connectivity index (χ4v) is 4.10. The van der Waals surface area contributed by atoms with Gasteiger partial charge in [-0.25, -0.2) is 9.78 Å². The van der Waals surface area contributed by atoms with Gasteiger partial charge < -0.3 is 14.8 Å². The van der Waals surface area contributed by atoms with Crippen LogP contribution in [0.1, 0.15) is 17.7 Å². The molecule has 0 atom stereocenters. The zero-order valence-corrected chi connectivity index (χ0v) is 19.3. The number of carbonyl (C=O) groups is 1. The predicted molar refractivity (Wildman–Crippen MR) is 132 cm³/mol. The number of aromatic nitrogens is 4. The summed E-state index contributed by atoms with van der Waals surface area (Å²) < 4.78 is 12.0. The van der Waals surface area contributed by atoms with Crippen molar-refractivity contribution in [3.05, 3.63) is 76.2 Å². The van der Waals surface area contributed by atoms with Crippen LogP contribution in [-0.4, -0.2) is 40.0 Å². The standard InChI is InChI=1S/C25H24N6O4/c1-34-20-12-11-16(13-21(20)35-2)26-25(33)28-22-14-19(15-7-4-3-5-8-15)30-31(22)24-27-18-10-6-9-17(18)23(32)29-24/h3-5,7-8,11-14H,6,9-10H2,1-2H3,(H2,26,28,33)(H,27,29,32). The minimum atomic E-state index is -0.499. The van der Waals surface area contributed by atoms with E-state index in [9.17, 15) is 9.59 Å². The molecule has 35 heavy (non-hydrogen) atoms. The van der Waals surface area contributed by atoms with Gasteiger partial charge in [0.25, 0.3) is 5.56 Å². The molecule has 0 saturated carbocycles. The maximum Gasteiger partial charge on any atom is 0.324 e. The van der Waals surface area contributed by atoms with Gasteiger partial charge in [-0.3, -0.25) is 15.1 Å². The van der Waals surface area contributed by atoms with Crippen molar-refractivity contribution in [1.82, 2.24) is 19.7 Å². The van der Waals surface area contributed by atoms with Crippen molar-refractivity contribution >= 4 is 17.5 Å². The van der Waals surface area contributed by atoms with Crippen LogP contribution in [0.3, 0.4) is 0 Å². The summed E-state index contributed by atoms with van der Waals surface area (Å²) in [5.41, 5.74) is 3.29. The molecule has 0 bridgehead atoms. The number of fused-ring (bicyclic) bond motifs is 1. The van der Waals surface area contributed by atoms with E-state index < -0.39 is 6.03 Å². The molecule has 0 radical (unpaired) electrons. The van der Waals surface area contributed by atoms with E-state index in [-0.39, 0.29) is 11.5 Å². The zero-order valence-electron chi connectivity index (χ0n) is 19.3. The second kappa shape index (κ2) is 9.34. The second-order valence-electron chi connectivity index (χ2n) is 8.01. The molecule has 2 amide bonds. The molecule has 0 aliphatic heterocycles. The molecule has 2 aromatic carbocycles. The van der Waals surface area contributed by atoms with Crippen LogP contribution < -0.4 is 25.7 Å². The average molecular weight is 473 g/mol. The third kappa shape index (κ3) is 4.45. The highest BCUT2D eigenvalue weighted by molar-refractivity contribution is 5.99. The van der Waals surface area contributed by atoms with E-state index >= 15 is 0 Å². The van der Waals surface area contributed by atoms with Crippen molar-refractivity contribution in [3.63, 3.8) is 0 Å². The molecule has 1 aliphatic carbocycles. The molecule has 2 heterocycles. The number of benzene rings is 2. The molecule has 4 aromatic rings. The molecule has 2 aromatic heterocycles. The number of aryl methyl sites for hydroxylation is 1. The first-order valence-corrected chi connectivity index (χ1v) is 11.1. The van der Waals surface area contributed by atoms with E-state index in [1.807, 2.05) is 30.3 Å². The van der Waals surface area contributed by atoms with Gasteiger partial charge >= 0.3 is 6.03 Å². The number of rotatable bonds is 6. The largest absolute Gasteiger partial charge is 0.493 e. The number of carbonyl (C=O) groups excluding carboxylic acids is 1. The van der Waals surface area contributed by atoms with E-state index in [4.69, 9.17) is 9.47 Å². The summed E-state index contributed by atoms with van der Waals surface area (Å²) in [4.78, 5) is 32.9. The lowest BCUT2D eigenvalue weighted by atomic mass is 10.2. The Bertz CT molecular complexity index is 1440. The average Bonchev–Trinajstić information content (AvgIpc) is 3.52. The Morgan fingerprint density at radius 3 is 2.57 bits per heavy atom. The molecule has 5 rings (SSSR count). The molecule has 0 fully saturated rings. The summed E-state index contributed by atoms with van der Waals surface area (Å²) in [6.45, 7) is 0. The third-order valence-corrected chi connectivity index (χ3v) is 5.79. The molecule has 1 aliphatic rings. The molecule has 0 spiro atoms. The fraction of sp³-hybridized carbons (Fsp3) is 0.200. The number of hydrogen-bond acceptors (Lipinski definition) is 6. The summed E-state index contributed by atoms with van der Waals surface area (Å²) >= 11 is 0. The summed E-state index contributed by atoms with van der Waals surface area (Å²) in [5, 5.41) is 10.2. The zero-order chi connectivity index (χ0) is 24.4. The van der Waals surface area contributed by atoms with E-state index in [1.54, 1.807) is 31.4 Å². The Morgan fingerprint density at radius 1 is 1.00 bits per heavy atom. The Morgan fingerprint density at radius 2 is 1.80 bits per heavy atom. The van der Waals surface area contributed by atoms with Gasteiger partial charge in [0.05, 0.1) is 25.6 Å². The van der Waals surface area contributed by atoms with Gasteiger partial charge in [-0.2, -0.15) is 9.78 Å². The van der Waals surface area contributed by atoms with Gasteiger partial charge in [-0.05, 0) is 31.4 Å². The highest BCUT2D eigenvalue weighted by atomic mass is 16.5. The van der Waals surface area contributed by atoms with Crippen molar-refractivity contribution < 1.29 is 14.3 Å². The lowest BCUT2D eigenvalue weighted by molar-refractivity contribution is 0.262. The van der Waals surface area contributed by atoms with E-state index in [2.05, 4.69) is 25.7 Å². The second-order valence-corrected chi connectivity index (χ2v) is 8.01. The third-order valence-electron chi connectivity index (χ3n) is 5.79. The monoisotopic (exact) mass is 472 g/mol. The normalized spacial score (nSPS) is 12.2. The van der Waals surface area contributed by atoms with E-state index in [1.165, 1.54) is 11.8 Å². The fourth-order valence-electron chi connectivity index (χ4n) is 4.10. The lowest BCUT2D eigenvalue weighted by Crippen LogP contribution is -2.23. The van der Waals surface area contributed by atoms with Gasteiger partial charge in [-0.1, -0.05) is 30.3 Å².